The van der Waals surface area contributed by atoms with Crippen molar-refractivity contribution >= 4 is 22.5 Å². The highest BCUT2D eigenvalue weighted by molar-refractivity contribution is 5.96. The number of esters is 1. The van der Waals surface area contributed by atoms with Gasteiger partial charge < -0.3 is 4.74 Å². The van der Waals surface area contributed by atoms with Gasteiger partial charge in [-0.3, -0.25) is 4.79 Å². The number of cyclic esters (lactones) is 1. The fourth-order valence-corrected chi connectivity index (χ4v) is 1.99. The molecule has 78 valence electrons. The summed E-state index contributed by atoms with van der Waals surface area (Å²) >= 11 is 0. The summed E-state index contributed by atoms with van der Waals surface area (Å²) in [5, 5.41) is 2.27. The first-order valence-electron chi connectivity index (χ1n) is 5.23. The van der Waals surface area contributed by atoms with Crippen LogP contribution in [0.4, 0.5) is 0 Å². The topological polar surface area (TPSA) is 26.3 Å². The molecule has 0 saturated heterocycles. The lowest BCUT2D eigenvalue weighted by Gasteiger charge is -2.06. The van der Waals surface area contributed by atoms with Gasteiger partial charge in [0.05, 0.1) is 6.42 Å². The Labute approximate surface area is 93.2 Å². The fraction of sp³-hybridized carbons (Fsp3) is 0.0714. The van der Waals surface area contributed by atoms with Gasteiger partial charge in [-0.25, -0.2) is 0 Å². The van der Waals surface area contributed by atoms with Crippen LogP contribution in [0.5, 0.6) is 0 Å². The van der Waals surface area contributed by atoms with Gasteiger partial charge in [-0.05, 0) is 16.8 Å². The predicted molar refractivity (Wildman–Crippen MR) is 62.6 cm³/mol. The van der Waals surface area contributed by atoms with E-state index in [-0.39, 0.29) is 5.97 Å². The zero-order valence-electron chi connectivity index (χ0n) is 8.64. The van der Waals surface area contributed by atoms with E-state index in [2.05, 4.69) is 12.1 Å². The van der Waals surface area contributed by atoms with Gasteiger partial charge in [0, 0.05) is 5.56 Å². The SMILES string of the molecule is O=C1CC=C(c2cccc3ccccc23)O1. The maximum Gasteiger partial charge on any atom is 0.315 e. The van der Waals surface area contributed by atoms with Crippen LogP contribution in [0, 0.1) is 0 Å². The molecule has 0 bridgehead atoms. The van der Waals surface area contributed by atoms with Crippen molar-refractivity contribution in [1.82, 2.24) is 0 Å². The van der Waals surface area contributed by atoms with Crippen molar-refractivity contribution in [3.05, 3.63) is 54.1 Å². The Morgan fingerprint density at radius 3 is 2.62 bits per heavy atom. The third-order valence-corrected chi connectivity index (χ3v) is 2.73. The summed E-state index contributed by atoms with van der Waals surface area (Å²) in [7, 11) is 0. The van der Waals surface area contributed by atoms with E-state index < -0.39 is 0 Å². The van der Waals surface area contributed by atoms with Crippen LogP contribution in [0.15, 0.2) is 48.5 Å². The van der Waals surface area contributed by atoms with E-state index in [0.717, 1.165) is 16.3 Å². The molecule has 0 unspecified atom stereocenters. The largest absolute Gasteiger partial charge is 0.426 e. The van der Waals surface area contributed by atoms with E-state index in [9.17, 15) is 4.79 Å². The Morgan fingerprint density at radius 1 is 1.00 bits per heavy atom. The molecule has 0 N–H and O–H groups in total. The van der Waals surface area contributed by atoms with Gasteiger partial charge in [0.1, 0.15) is 5.76 Å². The van der Waals surface area contributed by atoms with Crippen LogP contribution in [-0.2, 0) is 9.53 Å². The van der Waals surface area contributed by atoms with E-state index >= 15 is 0 Å². The van der Waals surface area contributed by atoms with Crippen molar-refractivity contribution < 1.29 is 9.53 Å². The standard InChI is InChI=1S/C14H10O2/c15-14-9-8-13(16-14)12-7-3-5-10-4-1-2-6-11(10)12/h1-8H,9H2. The summed E-state index contributed by atoms with van der Waals surface area (Å²) in [5.41, 5.74) is 0.990. The monoisotopic (exact) mass is 210 g/mol. The van der Waals surface area contributed by atoms with Gasteiger partial charge in [0.15, 0.2) is 0 Å². The van der Waals surface area contributed by atoms with E-state index in [4.69, 9.17) is 4.74 Å². The number of hydrogen-bond acceptors (Lipinski definition) is 2. The summed E-state index contributed by atoms with van der Waals surface area (Å²) in [5.74, 6) is 0.504. The highest BCUT2D eigenvalue weighted by Gasteiger charge is 2.17. The van der Waals surface area contributed by atoms with Crippen molar-refractivity contribution in [2.45, 2.75) is 6.42 Å². The first kappa shape index (κ1) is 9.16. The lowest BCUT2D eigenvalue weighted by molar-refractivity contribution is -0.134. The Kier molecular flexibility index (Phi) is 2.00. The first-order valence-corrected chi connectivity index (χ1v) is 5.23. The molecule has 16 heavy (non-hydrogen) atoms. The molecule has 2 nitrogen and oxygen atoms in total. The van der Waals surface area contributed by atoms with Crippen LogP contribution in [0.2, 0.25) is 0 Å². The molecule has 0 atom stereocenters. The van der Waals surface area contributed by atoms with Crippen LogP contribution in [0.25, 0.3) is 16.5 Å². The zero-order valence-corrected chi connectivity index (χ0v) is 8.64. The van der Waals surface area contributed by atoms with Gasteiger partial charge in [0.2, 0.25) is 0 Å². The maximum absolute atomic E-state index is 11.1. The average molecular weight is 210 g/mol. The number of carbonyl (C=O) groups is 1. The van der Waals surface area contributed by atoms with Gasteiger partial charge >= 0.3 is 5.97 Å². The minimum absolute atomic E-state index is 0.178. The Hall–Kier alpha value is -2.09. The zero-order chi connectivity index (χ0) is 11.0. The minimum atomic E-state index is -0.178. The van der Waals surface area contributed by atoms with Gasteiger partial charge in [-0.15, -0.1) is 0 Å². The van der Waals surface area contributed by atoms with E-state index in [0.29, 0.717) is 12.2 Å². The first-order chi connectivity index (χ1) is 7.84. The van der Waals surface area contributed by atoms with Crippen molar-refractivity contribution in [2.75, 3.05) is 0 Å². The van der Waals surface area contributed by atoms with Crippen molar-refractivity contribution in [3.8, 4) is 0 Å². The number of hydrogen-bond donors (Lipinski definition) is 0. The predicted octanol–water partition coefficient (Wildman–Crippen LogP) is 3.13. The normalized spacial score (nSPS) is 15.0. The second kappa shape index (κ2) is 3.49. The van der Waals surface area contributed by atoms with Crippen molar-refractivity contribution in [2.24, 2.45) is 0 Å². The molecular formula is C14H10O2. The Balaban J connectivity index is 2.20. The fourth-order valence-electron chi connectivity index (χ4n) is 1.99. The molecule has 2 aromatic rings. The van der Waals surface area contributed by atoms with Crippen LogP contribution >= 0.6 is 0 Å². The molecule has 2 aromatic carbocycles. The number of fused-ring (bicyclic) bond motifs is 1. The molecule has 1 aliphatic heterocycles. The quantitative estimate of drug-likeness (QED) is 0.676. The summed E-state index contributed by atoms with van der Waals surface area (Å²) in [4.78, 5) is 11.1. The second-order valence-electron chi connectivity index (χ2n) is 3.77. The number of carbonyl (C=O) groups excluding carboxylic acids is 1. The van der Waals surface area contributed by atoms with Crippen molar-refractivity contribution in [1.29, 1.82) is 0 Å². The maximum atomic E-state index is 11.1. The minimum Gasteiger partial charge on any atom is -0.426 e. The Morgan fingerprint density at radius 2 is 1.81 bits per heavy atom. The highest BCUT2D eigenvalue weighted by atomic mass is 16.5. The number of benzene rings is 2. The lowest BCUT2D eigenvalue weighted by Crippen LogP contribution is -1.94. The summed E-state index contributed by atoms with van der Waals surface area (Å²) < 4.78 is 5.18. The molecule has 2 heteroatoms. The van der Waals surface area contributed by atoms with Gasteiger partial charge in [-0.1, -0.05) is 42.5 Å². The molecule has 3 rings (SSSR count). The Bertz CT molecular complexity index is 591. The van der Waals surface area contributed by atoms with E-state index in [1.807, 2.05) is 36.4 Å². The number of ether oxygens (including phenoxy) is 1. The third-order valence-electron chi connectivity index (χ3n) is 2.73. The molecule has 1 heterocycles. The van der Waals surface area contributed by atoms with Gasteiger partial charge in [-0.2, -0.15) is 0 Å². The van der Waals surface area contributed by atoms with Crippen LogP contribution in [0.3, 0.4) is 0 Å². The molecule has 0 aromatic heterocycles. The van der Waals surface area contributed by atoms with Gasteiger partial charge in [0.25, 0.3) is 0 Å². The molecule has 0 saturated carbocycles. The summed E-state index contributed by atoms with van der Waals surface area (Å²) in [6.45, 7) is 0. The van der Waals surface area contributed by atoms with Crippen LogP contribution < -0.4 is 0 Å². The molecule has 0 aliphatic carbocycles. The molecule has 0 amide bonds. The third kappa shape index (κ3) is 1.39. The smallest absolute Gasteiger partial charge is 0.315 e. The molecule has 0 fully saturated rings. The van der Waals surface area contributed by atoms with E-state index in [1.165, 1.54) is 0 Å². The second-order valence-corrected chi connectivity index (χ2v) is 3.77. The molecule has 0 radical (unpaired) electrons. The number of rotatable bonds is 1. The summed E-state index contributed by atoms with van der Waals surface area (Å²) in [6.07, 6.45) is 2.21. The van der Waals surface area contributed by atoms with Crippen LogP contribution in [0.1, 0.15) is 12.0 Å². The van der Waals surface area contributed by atoms with Crippen LogP contribution in [-0.4, -0.2) is 5.97 Å². The summed E-state index contributed by atoms with van der Waals surface area (Å²) in [6, 6.07) is 14.1. The average Bonchev–Trinajstić information content (AvgIpc) is 2.75. The molecule has 1 aliphatic rings. The molecule has 0 spiro atoms. The lowest BCUT2D eigenvalue weighted by atomic mass is 10.0. The van der Waals surface area contributed by atoms with Crippen molar-refractivity contribution in [3.63, 3.8) is 0 Å². The molecular weight excluding hydrogens is 200 g/mol. The van der Waals surface area contributed by atoms with E-state index in [1.54, 1.807) is 0 Å². The highest BCUT2D eigenvalue weighted by Crippen LogP contribution is 2.29.